The molecule has 1 aromatic heterocycles. The van der Waals surface area contributed by atoms with Crippen molar-refractivity contribution in [3.63, 3.8) is 0 Å². The first kappa shape index (κ1) is 8.75. The molecule has 1 heterocycles. The van der Waals surface area contributed by atoms with Gasteiger partial charge in [-0.15, -0.1) is 11.3 Å². The summed E-state index contributed by atoms with van der Waals surface area (Å²) in [6, 6.07) is 1.94. The summed E-state index contributed by atoms with van der Waals surface area (Å²) in [5.41, 5.74) is 0.418. The Kier molecular flexibility index (Phi) is 2.83. The average molecular weight is 181 g/mol. The molecule has 0 fully saturated rings. The van der Waals surface area contributed by atoms with Crippen LogP contribution in [0, 0.1) is 11.3 Å². The Hall–Kier alpha value is -1.34. The van der Waals surface area contributed by atoms with E-state index in [9.17, 15) is 4.79 Å². The van der Waals surface area contributed by atoms with E-state index in [1.165, 1.54) is 11.3 Å². The van der Waals surface area contributed by atoms with E-state index < -0.39 is 0 Å². The smallest absolute Gasteiger partial charge is 0.310 e. The number of ether oxygens (including phenoxy) is 1. The highest BCUT2D eigenvalue weighted by atomic mass is 32.1. The summed E-state index contributed by atoms with van der Waals surface area (Å²) in [7, 11) is 0. The van der Waals surface area contributed by atoms with E-state index in [0.717, 1.165) is 0 Å². The van der Waals surface area contributed by atoms with Crippen molar-refractivity contribution in [2.24, 2.45) is 0 Å². The number of esters is 1. The second-order valence-electron chi connectivity index (χ2n) is 2.09. The molecule has 0 N–H and O–H groups in total. The van der Waals surface area contributed by atoms with Gasteiger partial charge in [-0.2, -0.15) is 5.26 Å². The van der Waals surface area contributed by atoms with Gasteiger partial charge >= 0.3 is 5.97 Å². The summed E-state index contributed by atoms with van der Waals surface area (Å²) in [5, 5.41) is 11.9. The highest BCUT2D eigenvalue weighted by Crippen LogP contribution is 2.22. The second kappa shape index (κ2) is 3.88. The molecule has 0 atom stereocenters. The molecule has 12 heavy (non-hydrogen) atoms. The van der Waals surface area contributed by atoms with Crippen LogP contribution in [0.25, 0.3) is 0 Å². The van der Waals surface area contributed by atoms with Crippen molar-refractivity contribution in [1.82, 2.24) is 0 Å². The standard InChI is InChI=1S/C8H7NO2S/c1-2-8(10)11-7-5-12-4-6(7)3-9/h4-5H,2H2,1H3. The van der Waals surface area contributed by atoms with Gasteiger partial charge in [0.1, 0.15) is 11.6 Å². The van der Waals surface area contributed by atoms with Crippen LogP contribution in [-0.2, 0) is 4.79 Å². The zero-order chi connectivity index (χ0) is 8.97. The number of hydrogen-bond donors (Lipinski definition) is 0. The van der Waals surface area contributed by atoms with E-state index >= 15 is 0 Å². The van der Waals surface area contributed by atoms with Crippen molar-refractivity contribution in [3.8, 4) is 11.8 Å². The Balaban J connectivity index is 2.76. The number of rotatable bonds is 2. The quantitative estimate of drug-likeness (QED) is 0.655. The van der Waals surface area contributed by atoms with Crippen molar-refractivity contribution in [2.75, 3.05) is 0 Å². The SMILES string of the molecule is CCC(=O)Oc1cscc1C#N. The predicted molar refractivity (Wildman–Crippen MR) is 45.0 cm³/mol. The van der Waals surface area contributed by atoms with Gasteiger partial charge in [0.2, 0.25) is 0 Å². The normalized spacial score (nSPS) is 9.00. The van der Waals surface area contributed by atoms with Gasteiger partial charge < -0.3 is 4.74 Å². The molecule has 62 valence electrons. The molecule has 0 radical (unpaired) electrons. The molecule has 0 bridgehead atoms. The number of thiophene rings is 1. The average Bonchev–Trinajstić information content (AvgIpc) is 2.51. The summed E-state index contributed by atoms with van der Waals surface area (Å²) < 4.78 is 4.87. The summed E-state index contributed by atoms with van der Waals surface area (Å²) in [6.45, 7) is 1.71. The molecule has 1 aromatic rings. The molecular formula is C8H7NO2S. The minimum atomic E-state index is -0.315. The van der Waals surface area contributed by atoms with Crippen LogP contribution in [0.1, 0.15) is 18.9 Å². The minimum Gasteiger partial charge on any atom is -0.424 e. The topological polar surface area (TPSA) is 50.1 Å². The van der Waals surface area contributed by atoms with Crippen LogP contribution in [0.4, 0.5) is 0 Å². The first-order valence-corrected chi connectivity index (χ1v) is 4.39. The molecule has 1 rings (SSSR count). The lowest BCUT2D eigenvalue weighted by molar-refractivity contribution is -0.134. The third-order valence-corrected chi connectivity index (χ3v) is 1.98. The van der Waals surface area contributed by atoms with Gasteiger partial charge in [0, 0.05) is 17.2 Å². The molecule has 0 aliphatic carbocycles. The van der Waals surface area contributed by atoms with Crippen LogP contribution in [0.2, 0.25) is 0 Å². The maximum Gasteiger partial charge on any atom is 0.310 e. The predicted octanol–water partition coefficient (Wildman–Crippen LogP) is 1.94. The lowest BCUT2D eigenvalue weighted by atomic mass is 10.3. The molecule has 0 saturated carbocycles. The van der Waals surface area contributed by atoms with Crippen molar-refractivity contribution in [1.29, 1.82) is 5.26 Å². The first-order valence-electron chi connectivity index (χ1n) is 3.45. The number of carbonyl (C=O) groups is 1. The van der Waals surface area contributed by atoms with Crippen LogP contribution in [0.15, 0.2) is 10.8 Å². The van der Waals surface area contributed by atoms with E-state index in [1.54, 1.807) is 17.7 Å². The van der Waals surface area contributed by atoms with Crippen molar-refractivity contribution in [3.05, 3.63) is 16.3 Å². The number of nitrogens with zero attached hydrogens (tertiary/aromatic N) is 1. The number of nitriles is 1. The van der Waals surface area contributed by atoms with E-state index in [-0.39, 0.29) is 5.97 Å². The fourth-order valence-corrected chi connectivity index (χ4v) is 1.31. The Morgan fingerprint density at radius 2 is 2.50 bits per heavy atom. The summed E-state index contributed by atoms with van der Waals surface area (Å²) in [6.07, 6.45) is 0.320. The fourth-order valence-electron chi connectivity index (χ4n) is 0.641. The van der Waals surface area contributed by atoms with Gasteiger partial charge in [0.25, 0.3) is 0 Å². The summed E-state index contributed by atoms with van der Waals surface area (Å²) in [5.74, 6) is 0.0549. The van der Waals surface area contributed by atoms with Crippen LogP contribution in [0.3, 0.4) is 0 Å². The zero-order valence-electron chi connectivity index (χ0n) is 6.53. The largest absolute Gasteiger partial charge is 0.424 e. The highest BCUT2D eigenvalue weighted by Gasteiger charge is 2.07. The van der Waals surface area contributed by atoms with E-state index in [1.807, 2.05) is 6.07 Å². The molecule has 0 unspecified atom stereocenters. The Labute approximate surface area is 74.2 Å². The lowest BCUT2D eigenvalue weighted by Crippen LogP contribution is -2.05. The first-order chi connectivity index (χ1) is 5.77. The van der Waals surface area contributed by atoms with E-state index in [0.29, 0.717) is 17.7 Å². The monoisotopic (exact) mass is 181 g/mol. The van der Waals surface area contributed by atoms with Crippen molar-refractivity contribution < 1.29 is 9.53 Å². The van der Waals surface area contributed by atoms with Crippen LogP contribution in [-0.4, -0.2) is 5.97 Å². The second-order valence-corrected chi connectivity index (χ2v) is 2.83. The van der Waals surface area contributed by atoms with Gasteiger partial charge in [0.15, 0.2) is 5.75 Å². The Bertz CT molecular complexity index is 324. The van der Waals surface area contributed by atoms with Crippen LogP contribution < -0.4 is 4.74 Å². The van der Waals surface area contributed by atoms with Gasteiger partial charge in [-0.3, -0.25) is 4.79 Å². The molecule has 0 saturated heterocycles. The third kappa shape index (κ3) is 1.83. The molecule has 3 nitrogen and oxygen atoms in total. The lowest BCUT2D eigenvalue weighted by Gasteiger charge is -1.98. The van der Waals surface area contributed by atoms with Crippen LogP contribution >= 0.6 is 11.3 Å². The number of hydrogen-bond acceptors (Lipinski definition) is 4. The van der Waals surface area contributed by atoms with Crippen LogP contribution in [0.5, 0.6) is 5.75 Å². The maximum atomic E-state index is 10.8. The zero-order valence-corrected chi connectivity index (χ0v) is 7.35. The minimum absolute atomic E-state index is 0.315. The van der Waals surface area contributed by atoms with Gasteiger partial charge in [0.05, 0.1) is 0 Å². The molecule has 0 amide bonds. The van der Waals surface area contributed by atoms with Crippen molar-refractivity contribution >= 4 is 17.3 Å². The fraction of sp³-hybridized carbons (Fsp3) is 0.250. The number of carbonyl (C=O) groups excluding carboxylic acids is 1. The molecule has 0 aromatic carbocycles. The molecule has 4 heteroatoms. The molecule has 0 aliphatic rings. The molecule has 0 spiro atoms. The molecule has 0 aliphatic heterocycles. The van der Waals surface area contributed by atoms with Gasteiger partial charge in [-0.1, -0.05) is 6.92 Å². The highest BCUT2D eigenvalue weighted by molar-refractivity contribution is 7.08. The maximum absolute atomic E-state index is 10.8. The van der Waals surface area contributed by atoms with E-state index in [4.69, 9.17) is 10.00 Å². The van der Waals surface area contributed by atoms with Crippen molar-refractivity contribution in [2.45, 2.75) is 13.3 Å². The Morgan fingerprint density at radius 1 is 1.75 bits per heavy atom. The van der Waals surface area contributed by atoms with Gasteiger partial charge in [-0.05, 0) is 0 Å². The molecular weight excluding hydrogens is 174 g/mol. The van der Waals surface area contributed by atoms with Gasteiger partial charge in [-0.25, -0.2) is 0 Å². The summed E-state index contributed by atoms with van der Waals surface area (Å²) in [4.78, 5) is 10.8. The summed E-state index contributed by atoms with van der Waals surface area (Å²) >= 11 is 1.34. The Morgan fingerprint density at radius 3 is 3.08 bits per heavy atom. The van der Waals surface area contributed by atoms with E-state index in [2.05, 4.69) is 0 Å². The third-order valence-electron chi connectivity index (χ3n) is 1.26.